The first-order chi connectivity index (χ1) is 8.25. The van der Waals surface area contributed by atoms with Crippen LogP contribution in [0.25, 0.3) is 0 Å². The van der Waals surface area contributed by atoms with Gasteiger partial charge >= 0.3 is 0 Å². The number of furan rings is 1. The number of aryl methyl sites for hydroxylation is 1. The molecule has 0 aliphatic heterocycles. The average molecular weight is 235 g/mol. The van der Waals surface area contributed by atoms with Gasteiger partial charge in [-0.2, -0.15) is 0 Å². The second-order valence-corrected chi connectivity index (χ2v) is 5.55. The molecule has 0 saturated heterocycles. The lowest BCUT2D eigenvalue weighted by Gasteiger charge is -2.32. The fraction of sp³-hybridized carbons (Fsp3) is 0.733. The Balaban J connectivity index is 1.71. The third kappa shape index (κ3) is 3.88. The minimum Gasteiger partial charge on any atom is -0.469 e. The van der Waals surface area contributed by atoms with E-state index in [0.29, 0.717) is 6.04 Å². The van der Waals surface area contributed by atoms with Gasteiger partial charge in [0, 0.05) is 18.5 Å². The van der Waals surface area contributed by atoms with E-state index in [4.69, 9.17) is 4.42 Å². The Kier molecular flexibility index (Phi) is 4.66. The van der Waals surface area contributed by atoms with Crippen molar-refractivity contribution in [1.82, 2.24) is 5.32 Å². The molecule has 2 nitrogen and oxygen atoms in total. The lowest BCUT2D eigenvalue weighted by Crippen LogP contribution is -2.42. The number of nitrogens with one attached hydrogen (secondary N) is 1. The van der Waals surface area contributed by atoms with Gasteiger partial charge < -0.3 is 9.73 Å². The van der Waals surface area contributed by atoms with Gasteiger partial charge in [0.1, 0.15) is 5.76 Å². The number of hydrogen-bond donors (Lipinski definition) is 1. The second-order valence-electron chi connectivity index (χ2n) is 5.55. The molecule has 1 heterocycles. The van der Waals surface area contributed by atoms with Gasteiger partial charge in [-0.1, -0.05) is 19.8 Å². The zero-order valence-corrected chi connectivity index (χ0v) is 11.1. The molecule has 0 radical (unpaired) electrons. The molecular formula is C15H25NO. The zero-order valence-electron chi connectivity index (χ0n) is 11.1. The van der Waals surface area contributed by atoms with E-state index in [2.05, 4.69) is 25.2 Å². The molecule has 96 valence electrons. The first kappa shape index (κ1) is 12.7. The Bertz CT molecular complexity index is 307. The summed E-state index contributed by atoms with van der Waals surface area (Å²) in [4.78, 5) is 0. The van der Waals surface area contributed by atoms with Crippen molar-refractivity contribution in [2.75, 3.05) is 0 Å². The molecule has 1 N–H and O–H groups in total. The van der Waals surface area contributed by atoms with Gasteiger partial charge in [0.15, 0.2) is 0 Å². The molecule has 2 heteroatoms. The summed E-state index contributed by atoms with van der Waals surface area (Å²) in [5.41, 5.74) is 0. The van der Waals surface area contributed by atoms with Crippen molar-refractivity contribution in [2.24, 2.45) is 5.92 Å². The molecule has 0 spiro atoms. The highest BCUT2D eigenvalue weighted by atomic mass is 16.3. The van der Waals surface area contributed by atoms with Crippen LogP contribution in [0.4, 0.5) is 0 Å². The molecule has 17 heavy (non-hydrogen) atoms. The van der Waals surface area contributed by atoms with E-state index < -0.39 is 0 Å². The van der Waals surface area contributed by atoms with Crippen molar-refractivity contribution in [3.05, 3.63) is 24.2 Å². The van der Waals surface area contributed by atoms with Crippen molar-refractivity contribution >= 4 is 0 Å². The van der Waals surface area contributed by atoms with E-state index in [0.717, 1.165) is 30.6 Å². The monoisotopic (exact) mass is 235 g/mol. The van der Waals surface area contributed by atoms with Crippen LogP contribution in [0.5, 0.6) is 0 Å². The van der Waals surface area contributed by atoms with Gasteiger partial charge in [-0.15, -0.1) is 0 Å². The van der Waals surface area contributed by atoms with Crippen LogP contribution in [0.2, 0.25) is 0 Å². The third-order valence-electron chi connectivity index (χ3n) is 4.01. The maximum atomic E-state index is 5.37. The fourth-order valence-corrected chi connectivity index (χ4v) is 2.83. The zero-order chi connectivity index (χ0) is 12.1. The van der Waals surface area contributed by atoms with Crippen LogP contribution in [0, 0.1) is 5.92 Å². The fourth-order valence-electron chi connectivity index (χ4n) is 2.83. The molecule has 1 aliphatic carbocycles. The molecule has 0 aromatic carbocycles. The van der Waals surface area contributed by atoms with Crippen molar-refractivity contribution in [2.45, 2.75) is 64.5 Å². The summed E-state index contributed by atoms with van der Waals surface area (Å²) in [6, 6.07) is 5.35. The average Bonchev–Trinajstić information content (AvgIpc) is 2.82. The van der Waals surface area contributed by atoms with E-state index in [1.165, 1.54) is 25.7 Å². The smallest absolute Gasteiger partial charge is 0.103 e. The van der Waals surface area contributed by atoms with Gasteiger partial charge in [0.05, 0.1) is 6.26 Å². The molecule has 1 aromatic rings. The third-order valence-corrected chi connectivity index (χ3v) is 4.01. The van der Waals surface area contributed by atoms with Crippen LogP contribution in [-0.2, 0) is 6.42 Å². The molecule has 1 saturated carbocycles. The first-order valence-electron chi connectivity index (χ1n) is 7.04. The summed E-state index contributed by atoms with van der Waals surface area (Å²) < 4.78 is 5.37. The number of hydrogen-bond acceptors (Lipinski definition) is 2. The summed E-state index contributed by atoms with van der Waals surface area (Å²) in [7, 11) is 0. The van der Waals surface area contributed by atoms with Crippen molar-refractivity contribution in [1.29, 1.82) is 0 Å². The van der Waals surface area contributed by atoms with Gasteiger partial charge in [-0.25, -0.2) is 0 Å². The Labute approximate surface area is 105 Å². The van der Waals surface area contributed by atoms with Crippen LogP contribution < -0.4 is 5.32 Å². The maximum absolute atomic E-state index is 5.37. The van der Waals surface area contributed by atoms with Gasteiger partial charge in [-0.05, 0) is 44.2 Å². The summed E-state index contributed by atoms with van der Waals surface area (Å²) in [6.45, 7) is 4.68. The largest absolute Gasteiger partial charge is 0.469 e. The predicted octanol–water partition coefficient (Wildman–Crippen LogP) is 3.77. The minimum atomic E-state index is 0.589. The SMILES string of the molecule is CC(CCc1ccco1)NC1CCCCC1C. The Morgan fingerprint density at radius 2 is 2.24 bits per heavy atom. The first-order valence-corrected chi connectivity index (χ1v) is 7.04. The molecule has 1 fully saturated rings. The highest BCUT2D eigenvalue weighted by Crippen LogP contribution is 2.24. The Morgan fingerprint density at radius 3 is 2.94 bits per heavy atom. The highest BCUT2D eigenvalue weighted by Gasteiger charge is 2.22. The van der Waals surface area contributed by atoms with Gasteiger partial charge in [0.2, 0.25) is 0 Å². The van der Waals surface area contributed by atoms with Crippen LogP contribution in [0.15, 0.2) is 22.8 Å². The highest BCUT2D eigenvalue weighted by molar-refractivity contribution is 4.98. The molecule has 0 bridgehead atoms. The van der Waals surface area contributed by atoms with Crippen molar-refractivity contribution < 1.29 is 4.42 Å². The standard InChI is InChI=1S/C15H25NO/c1-12-6-3-4-8-15(12)16-13(2)9-10-14-7-5-11-17-14/h5,7,11-13,15-16H,3-4,6,8-10H2,1-2H3. The normalized spacial score (nSPS) is 26.9. The van der Waals surface area contributed by atoms with Gasteiger partial charge in [0.25, 0.3) is 0 Å². The minimum absolute atomic E-state index is 0.589. The predicted molar refractivity (Wildman–Crippen MR) is 71.0 cm³/mol. The van der Waals surface area contributed by atoms with E-state index in [1.807, 2.05) is 6.07 Å². The molecule has 3 unspecified atom stereocenters. The molecule has 1 aromatic heterocycles. The second kappa shape index (κ2) is 6.25. The lowest BCUT2D eigenvalue weighted by molar-refractivity contribution is 0.257. The summed E-state index contributed by atoms with van der Waals surface area (Å²) >= 11 is 0. The Morgan fingerprint density at radius 1 is 1.41 bits per heavy atom. The van der Waals surface area contributed by atoms with Gasteiger partial charge in [-0.3, -0.25) is 0 Å². The topological polar surface area (TPSA) is 25.2 Å². The number of rotatable bonds is 5. The molecule has 3 atom stereocenters. The van der Waals surface area contributed by atoms with Crippen LogP contribution in [0.3, 0.4) is 0 Å². The van der Waals surface area contributed by atoms with Crippen molar-refractivity contribution in [3.63, 3.8) is 0 Å². The van der Waals surface area contributed by atoms with Crippen molar-refractivity contribution in [3.8, 4) is 0 Å². The Hall–Kier alpha value is -0.760. The molecule has 0 amide bonds. The maximum Gasteiger partial charge on any atom is 0.103 e. The molecule has 1 aliphatic rings. The lowest BCUT2D eigenvalue weighted by atomic mass is 9.85. The molecular weight excluding hydrogens is 210 g/mol. The quantitative estimate of drug-likeness (QED) is 0.840. The summed E-state index contributed by atoms with van der Waals surface area (Å²) in [5, 5.41) is 3.79. The van der Waals surface area contributed by atoms with E-state index in [-0.39, 0.29) is 0 Å². The van der Waals surface area contributed by atoms with E-state index in [1.54, 1.807) is 6.26 Å². The summed E-state index contributed by atoms with van der Waals surface area (Å²) in [6.07, 6.45) is 9.53. The van der Waals surface area contributed by atoms with E-state index in [9.17, 15) is 0 Å². The summed E-state index contributed by atoms with van der Waals surface area (Å²) in [5.74, 6) is 1.95. The van der Waals surface area contributed by atoms with Crippen LogP contribution >= 0.6 is 0 Å². The van der Waals surface area contributed by atoms with E-state index >= 15 is 0 Å². The van der Waals surface area contributed by atoms with Crippen LogP contribution in [-0.4, -0.2) is 12.1 Å². The van der Waals surface area contributed by atoms with Crippen LogP contribution in [0.1, 0.15) is 51.7 Å². The molecule has 2 rings (SSSR count).